The molecule has 0 radical (unpaired) electrons. The molecule has 15 heavy (non-hydrogen) atoms. The van der Waals surface area contributed by atoms with Gasteiger partial charge in [0.15, 0.2) is 0 Å². The van der Waals surface area contributed by atoms with Crippen molar-refractivity contribution < 1.29 is 9.90 Å². The van der Waals surface area contributed by atoms with Crippen LogP contribution in [0, 0.1) is 0 Å². The first kappa shape index (κ1) is 12.3. The minimum Gasteiger partial charge on any atom is -0.477 e. The Morgan fingerprint density at radius 1 is 1.53 bits per heavy atom. The van der Waals surface area contributed by atoms with Gasteiger partial charge < -0.3 is 9.67 Å². The van der Waals surface area contributed by atoms with Gasteiger partial charge in [0.25, 0.3) is 0 Å². The lowest BCUT2D eigenvalue weighted by atomic mass is 9.95. The molecule has 1 heterocycles. The van der Waals surface area contributed by atoms with Crippen LogP contribution in [-0.2, 0) is 5.54 Å². The summed E-state index contributed by atoms with van der Waals surface area (Å²) in [6.07, 6.45) is 3.66. The van der Waals surface area contributed by atoms with Crippen molar-refractivity contribution in [2.45, 2.75) is 39.2 Å². The van der Waals surface area contributed by atoms with Crippen molar-refractivity contribution in [3.8, 4) is 0 Å². The quantitative estimate of drug-likeness (QED) is 0.913. The molecule has 3 nitrogen and oxygen atoms in total. The van der Waals surface area contributed by atoms with Crippen LogP contribution < -0.4 is 0 Å². The molecule has 1 aromatic rings. The van der Waals surface area contributed by atoms with E-state index in [4.69, 9.17) is 5.11 Å². The molecular formula is C11H16BrNO2. The summed E-state index contributed by atoms with van der Waals surface area (Å²) in [5.41, 5.74) is 0.216. The van der Waals surface area contributed by atoms with Crippen molar-refractivity contribution in [2.75, 3.05) is 0 Å². The standard InChI is InChI=1S/C11H16BrNO2/c1-4-11(3,5-2)13-7-8(12)6-9(13)10(14)15/h6-7H,4-5H2,1-3H3,(H,14,15). The van der Waals surface area contributed by atoms with Gasteiger partial charge in [-0.3, -0.25) is 0 Å². The third-order valence-corrected chi connectivity index (χ3v) is 3.54. The Bertz CT molecular complexity index is 367. The molecule has 0 saturated heterocycles. The predicted octanol–water partition coefficient (Wildman–Crippen LogP) is 3.48. The van der Waals surface area contributed by atoms with E-state index in [1.165, 1.54) is 0 Å². The first-order chi connectivity index (χ1) is 6.94. The van der Waals surface area contributed by atoms with Crippen LogP contribution in [-0.4, -0.2) is 15.6 Å². The molecule has 0 aliphatic carbocycles. The van der Waals surface area contributed by atoms with E-state index in [2.05, 4.69) is 36.7 Å². The number of carboxylic acid groups (broad SMARTS) is 1. The minimum absolute atomic E-state index is 0.125. The van der Waals surface area contributed by atoms with Crippen molar-refractivity contribution in [3.63, 3.8) is 0 Å². The molecule has 84 valence electrons. The van der Waals surface area contributed by atoms with Gasteiger partial charge in [-0.15, -0.1) is 0 Å². The number of hydrogen-bond acceptors (Lipinski definition) is 1. The molecule has 1 rings (SSSR count). The maximum atomic E-state index is 11.1. The fourth-order valence-corrected chi connectivity index (χ4v) is 2.05. The van der Waals surface area contributed by atoms with Gasteiger partial charge in [0, 0.05) is 16.2 Å². The maximum absolute atomic E-state index is 11.1. The molecule has 0 fully saturated rings. The summed E-state index contributed by atoms with van der Waals surface area (Å²) in [4.78, 5) is 11.1. The summed E-state index contributed by atoms with van der Waals surface area (Å²) in [6.45, 7) is 6.22. The van der Waals surface area contributed by atoms with Gasteiger partial charge in [-0.05, 0) is 41.8 Å². The lowest BCUT2D eigenvalue weighted by molar-refractivity contribution is 0.0674. The number of hydrogen-bond donors (Lipinski definition) is 1. The Morgan fingerprint density at radius 2 is 2.07 bits per heavy atom. The molecule has 0 saturated carbocycles. The highest BCUT2D eigenvalue weighted by Crippen LogP contribution is 2.29. The van der Waals surface area contributed by atoms with E-state index in [0.29, 0.717) is 5.69 Å². The molecule has 0 bridgehead atoms. The average Bonchev–Trinajstić information content (AvgIpc) is 2.60. The van der Waals surface area contributed by atoms with Crippen molar-refractivity contribution in [1.82, 2.24) is 4.57 Å². The third kappa shape index (κ3) is 2.25. The molecular weight excluding hydrogens is 258 g/mol. The summed E-state index contributed by atoms with van der Waals surface area (Å²) in [6, 6.07) is 1.64. The van der Waals surface area contributed by atoms with Gasteiger partial charge in [-0.25, -0.2) is 4.79 Å². The van der Waals surface area contributed by atoms with Gasteiger partial charge >= 0.3 is 5.97 Å². The van der Waals surface area contributed by atoms with Crippen LogP contribution in [0.15, 0.2) is 16.7 Å². The summed E-state index contributed by atoms with van der Waals surface area (Å²) in [5.74, 6) is -0.881. The molecule has 4 heteroatoms. The Hall–Kier alpha value is -0.770. The van der Waals surface area contributed by atoms with Crippen molar-refractivity contribution in [1.29, 1.82) is 0 Å². The van der Waals surface area contributed by atoms with E-state index < -0.39 is 5.97 Å². The highest BCUT2D eigenvalue weighted by molar-refractivity contribution is 9.10. The summed E-state index contributed by atoms with van der Waals surface area (Å²) < 4.78 is 2.66. The second-order valence-electron chi connectivity index (χ2n) is 3.92. The fraction of sp³-hybridized carbons (Fsp3) is 0.545. The number of carbonyl (C=O) groups is 1. The van der Waals surface area contributed by atoms with Crippen LogP contribution in [0.25, 0.3) is 0 Å². The van der Waals surface area contributed by atoms with E-state index in [1.807, 2.05) is 10.8 Å². The van der Waals surface area contributed by atoms with Gasteiger partial charge in [0.2, 0.25) is 0 Å². The molecule has 1 N–H and O–H groups in total. The van der Waals surface area contributed by atoms with Crippen LogP contribution in [0.3, 0.4) is 0 Å². The zero-order valence-corrected chi connectivity index (χ0v) is 10.8. The number of nitrogens with zero attached hydrogens (tertiary/aromatic N) is 1. The van der Waals surface area contributed by atoms with Gasteiger partial charge in [-0.2, -0.15) is 0 Å². The van der Waals surface area contributed by atoms with Crippen molar-refractivity contribution in [2.24, 2.45) is 0 Å². The molecule has 0 aromatic carbocycles. The number of halogens is 1. The van der Waals surface area contributed by atoms with Crippen LogP contribution in [0.1, 0.15) is 44.1 Å². The second-order valence-corrected chi connectivity index (χ2v) is 4.84. The molecule has 0 aliphatic heterocycles. The van der Waals surface area contributed by atoms with Gasteiger partial charge in [0.05, 0.1) is 0 Å². The smallest absolute Gasteiger partial charge is 0.352 e. The second kappa shape index (κ2) is 4.39. The van der Waals surface area contributed by atoms with Crippen LogP contribution in [0.5, 0.6) is 0 Å². The maximum Gasteiger partial charge on any atom is 0.352 e. The topological polar surface area (TPSA) is 42.2 Å². The number of carboxylic acids is 1. The predicted molar refractivity (Wildman–Crippen MR) is 63.3 cm³/mol. The van der Waals surface area contributed by atoms with Crippen LogP contribution >= 0.6 is 15.9 Å². The highest BCUT2D eigenvalue weighted by Gasteiger charge is 2.26. The third-order valence-electron chi connectivity index (χ3n) is 3.11. The first-order valence-electron chi connectivity index (χ1n) is 5.06. The SMILES string of the molecule is CCC(C)(CC)n1cc(Br)cc1C(=O)O. The number of aromatic nitrogens is 1. The molecule has 0 amide bonds. The molecule has 0 spiro atoms. The van der Waals surface area contributed by atoms with E-state index in [-0.39, 0.29) is 5.54 Å². The Balaban J connectivity index is 3.28. The molecule has 0 aliphatic rings. The van der Waals surface area contributed by atoms with E-state index in [9.17, 15) is 4.79 Å². The van der Waals surface area contributed by atoms with Crippen molar-refractivity contribution >= 4 is 21.9 Å². The van der Waals surface area contributed by atoms with Crippen LogP contribution in [0.4, 0.5) is 0 Å². The Morgan fingerprint density at radius 3 is 2.47 bits per heavy atom. The summed E-state index contributed by atoms with van der Waals surface area (Å²) >= 11 is 3.32. The monoisotopic (exact) mass is 273 g/mol. The minimum atomic E-state index is -0.881. The van der Waals surface area contributed by atoms with Crippen LogP contribution in [0.2, 0.25) is 0 Å². The number of aromatic carboxylic acids is 1. The lowest BCUT2D eigenvalue weighted by Gasteiger charge is -2.30. The Labute approximate surface area is 98.2 Å². The first-order valence-corrected chi connectivity index (χ1v) is 5.85. The zero-order valence-electron chi connectivity index (χ0n) is 9.25. The van der Waals surface area contributed by atoms with Gasteiger partial charge in [-0.1, -0.05) is 13.8 Å². The lowest BCUT2D eigenvalue weighted by Crippen LogP contribution is -2.30. The van der Waals surface area contributed by atoms with E-state index >= 15 is 0 Å². The van der Waals surface area contributed by atoms with Gasteiger partial charge in [0.1, 0.15) is 5.69 Å². The average molecular weight is 274 g/mol. The zero-order chi connectivity index (χ0) is 11.6. The number of rotatable bonds is 4. The van der Waals surface area contributed by atoms with E-state index in [0.717, 1.165) is 17.3 Å². The summed E-state index contributed by atoms with van der Waals surface area (Å²) in [5, 5.41) is 9.09. The fourth-order valence-electron chi connectivity index (χ4n) is 1.63. The highest BCUT2D eigenvalue weighted by atomic mass is 79.9. The summed E-state index contributed by atoms with van der Waals surface area (Å²) in [7, 11) is 0. The largest absolute Gasteiger partial charge is 0.477 e. The molecule has 0 atom stereocenters. The molecule has 0 unspecified atom stereocenters. The van der Waals surface area contributed by atoms with Crippen molar-refractivity contribution in [3.05, 3.63) is 22.4 Å². The normalized spacial score (nSPS) is 11.7. The van der Waals surface area contributed by atoms with E-state index in [1.54, 1.807) is 6.07 Å². The molecule has 1 aromatic heterocycles. The Kier molecular flexibility index (Phi) is 3.60.